The molecule has 1 aromatic heterocycles. The number of halogens is 2. The van der Waals surface area contributed by atoms with Crippen molar-refractivity contribution in [3.05, 3.63) is 59.4 Å². The number of nitrogens with zero attached hydrogens (tertiary/aromatic N) is 3. The summed E-state index contributed by atoms with van der Waals surface area (Å²) in [5.41, 5.74) is 9.13. The molecule has 0 bridgehead atoms. The van der Waals surface area contributed by atoms with Crippen molar-refractivity contribution >= 4 is 5.69 Å². The average Bonchev–Trinajstić information content (AvgIpc) is 2.94. The third kappa shape index (κ3) is 3.01. The molecule has 0 saturated carbocycles. The molecular weight excluding hydrogens is 286 g/mol. The van der Waals surface area contributed by atoms with Crippen molar-refractivity contribution in [3.8, 4) is 0 Å². The van der Waals surface area contributed by atoms with Crippen molar-refractivity contribution in [2.24, 2.45) is 5.73 Å². The summed E-state index contributed by atoms with van der Waals surface area (Å²) in [6, 6.07) is 6.49. The highest BCUT2D eigenvalue weighted by molar-refractivity contribution is 5.48. The molecule has 4 nitrogen and oxygen atoms in total. The van der Waals surface area contributed by atoms with Gasteiger partial charge in [-0.15, -0.1) is 0 Å². The van der Waals surface area contributed by atoms with E-state index < -0.39 is 0 Å². The van der Waals surface area contributed by atoms with E-state index >= 15 is 0 Å². The first kappa shape index (κ1) is 14.7. The van der Waals surface area contributed by atoms with Crippen LogP contribution in [0.5, 0.6) is 0 Å². The minimum absolute atomic E-state index is 0.183. The molecule has 1 aliphatic rings. The summed E-state index contributed by atoms with van der Waals surface area (Å²) in [4.78, 5) is 2.18. The van der Waals surface area contributed by atoms with E-state index in [2.05, 4.69) is 10.00 Å². The molecule has 116 valence electrons. The Kier molecular flexibility index (Phi) is 4.20. The van der Waals surface area contributed by atoms with Gasteiger partial charge in [0.05, 0.1) is 18.6 Å². The monoisotopic (exact) mass is 304 g/mol. The molecule has 0 saturated heterocycles. The summed E-state index contributed by atoms with van der Waals surface area (Å²) in [6.45, 7) is 2.11. The van der Waals surface area contributed by atoms with Crippen LogP contribution in [0.2, 0.25) is 0 Å². The smallest absolute Gasteiger partial charge is 0.123 e. The van der Waals surface area contributed by atoms with Gasteiger partial charge in [-0.05, 0) is 29.8 Å². The Hall–Kier alpha value is -2.21. The highest BCUT2D eigenvalue weighted by Crippen LogP contribution is 2.24. The van der Waals surface area contributed by atoms with Crippen molar-refractivity contribution in [1.29, 1.82) is 0 Å². The van der Waals surface area contributed by atoms with Crippen LogP contribution >= 0.6 is 0 Å². The van der Waals surface area contributed by atoms with E-state index in [1.165, 1.54) is 12.1 Å². The van der Waals surface area contributed by atoms with Crippen molar-refractivity contribution in [2.45, 2.75) is 19.5 Å². The maximum Gasteiger partial charge on any atom is 0.123 e. The zero-order chi connectivity index (χ0) is 15.5. The lowest BCUT2D eigenvalue weighted by atomic mass is 10.1. The number of hydrogen-bond donors (Lipinski definition) is 1. The van der Waals surface area contributed by atoms with Crippen molar-refractivity contribution in [3.63, 3.8) is 0 Å². The van der Waals surface area contributed by atoms with Crippen molar-refractivity contribution in [2.75, 3.05) is 18.0 Å². The van der Waals surface area contributed by atoms with Crippen LogP contribution in [-0.2, 0) is 19.5 Å². The Labute approximate surface area is 127 Å². The van der Waals surface area contributed by atoms with Gasteiger partial charge in [0.15, 0.2) is 0 Å². The Morgan fingerprint density at radius 3 is 2.77 bits per heavy atom. The summed E-state index contributed by atoms with van der Waals surface area (Å²) in [7, 11) is 0. The fraction of sp³-hybridized carbons (Fsp3) is 0.312. The molecular formula is C16H18F2N4. The van der Waals surface area contributed by atoms with Crippen LogP contribution in [0.15, 0.2) is 42.4 Å². The molecule has 3 rings (SSSR count). The van der Waals surface area contributed by atoms with Crippen molar-refractivity contribution in [1.82, 2.24) is 9.78 Å². The maximum absolute atomic E-state index is 13.0. The number of anilines is 1. The van der Waals surface area contributed by atoms with Crippen LogP contribution in [-0.4, -0.2) is 22.9 Å². The quantitative estimate of drug-likeness (QED) is 0.943. The van der Waals surface area contributed by atoms with Crippen LogP contribution in [0.4, 0.5) is 14.5 Å². The van der Waals surface area contributed by atoms with Gasteiger partial charge in [0, 0.05) is 43.5 Å². The predicted octanol–water partition coefficient (Wildman–Crippen LogP) is 2.40. The SMILES string of the molecule is NC/C(=C\F)Cn1cc2c(n1)CCN(c1ccc(F)cc1)C2. The van der Waals surface area contributed by atoms with E-state index in [-0.39, 0.29) is 12.4 Å². The van der Waals surface area contributed by atoms with Crippen LogP contribution in [0.1, 0.15) is 11.3 Å². The normalized spacial score (nSPS) is 15.0. The number of benzene rings is 1. The fourth-order valence-electron chi connectivity index (χ4n) is 2.68. The average molecular weight is 304 g/mol. The standard InChI is InChI=1S/C16H18F2N4/c17-7-12(8-19)9-22-11-13-10-21(6-5-16(13)20-22)15-3-1-14(18)2-4-15/h1-4,7,11H,5-6,8-10,19H2/b12-7+. The van der Waals surface area contributed by atoms with E-state index in [9.17, 15) is 8.78 Å². The van der Waals surface area contributed by atoms with Gasteiger partial charge in [-0.2, -0.15) is 5.10 Å². The first-order chi connectivity index (χ1) is 10.7. The molecule has 2 aromatic rings. The summed E-state index contributed by atoms with van der Waals surface area (Å²) in [6.07, 6.45) is 3.30. The lowest BCUT2D eigenvalue weighted by molar-refractivity contribution is 0.622. The molecule has 22 heavy (non-hydrogen) atoms. The van der Waals surface area contributed by atoms with Crippen molar-refractivity contribution < 1.29 is 8.78 Å². The molecule has 0 amide bonds. The van der Waals surface area contributed by atoms with Gasteiger partial charge in [0.1, 0.15) is 5.82 Å². The first-order valence-corrected chi connectivity index (χ1v) is 7.23. The van der Waals surface area contributed by atoms with Gasteiger partial charge in [-0.25, -0.2) is 8.78 Å². The second kappa shape index (κ2) is 6.27. The molecule has 1 aromatic carbocycles. The largest absolute Gasteiger partial charge is 0.367 e. The molecule has 0 fully saturated rings. The zero-order valence-electron chi connectivity index (χ0n) is 12.2. The van der Waals surface area contributed by atoms with Crippen LogP contribution in [0, 0.1) is 5.82 Å². The van der Waals surface area contributed by atoms with E-state index in [1.807, 2.05) is 6.20 Å². The molecule has 0 aliphatic carbocycles. The van der Waals surface area contributed by atoms with Gasteiger partial charge >= 0.3 is 0 Å². The molecule has 0 atom stereocenters. The molecule has 6 heteroatoms. The fourth-order valence-corrected chi connectivity index (χ4v) is 2.68. The number of rotatable bonds is 4. The Balaban J connectivity index is 1.75. The Bertz CT molecular complexity index is 676. The van der Waals surface area contributed by atoms with Gasteiger partial charge < -0.3 is 10.6 Å². The number of aromatic nitrogens is 2. The molecule has 2 N–H and O–H groups in total. The third-order valence-electron chi connectivity index (χ3n) is 3.88. The zero-order valence-corrected chi connectivity index (χ0v) is 12.2. The topological polar surface area (TPSA) is 47.1 Å². The number of fused-ring (bicyclic) bond motifs is 1. The minimum atomic E-state index is -0.235. The predicted molar refractivity (Wildman–Crippen MR) is 81.6 cm³/mol. The second-order valence-electron chi connectivity index (χ2n) is 5.42. The summed E-state index contributed by atoms with van der Waals surface area (Å²) >= 11 is 0. The van der Waals surface area contributed by atoms with Gasteiger partial charge in [0.2, 0.25) is 0 Å². The Morgan fingerprint density at radius 2 is 2.09 bits per heavy atom. The summed E-state index contributed by atoms with van der Waals surface area (Å²) < 4.78 is 27.4. The maximum atomic E-state index is 13.0. The highest BCUT2D eigenvalue weighted by atomic mass is 19.1. The minimum Gasteiger partial charge on any atom is -0.367 e. The lowest BCUT2D eigenvalue weighted by Gasteiger charge is -2.28. The van der Waals surface area contributed by atoms with E-state index in [0.717, 1.165) is 36.5 Å². The van der Waals surface area contributed by atoms with Gasteiger partial charge in [0.25, 0.3) is 0 Å². The summed E-state index contributed by atoms with van der Waals surface area (Å²) in [5.74, 6) is -0.235. The molecule has 0 unspecified atom stereocenters. The van der Waals surface area contributed by atoms with Crippen LogP contribution < -0.4 is 10.6 Å². The summed E-state index contributed by atoms with van der Waals surface area (Å²) in [5, 5.41) is 4.50. The Morgan fingerprint density at radius 1 is 1.32 bits per heavy atom. The number of nitrogens with two attached hydrogens (primary N) is 1. The van der Waals surface area contributed by atoms with E-state index in [0.29, 0.717) is 18.4 Å². The van der Waals surface area contributed by atoms with Gasteiger partial charge in [-0.1, -0.05) is 0 Å². The molecule has 0 radical (unpaired) electrons. The first-order valence-electron chi connectivity index (χ1n) is 7.23. The lowest BCUT2D eigenvalue weighted by Crippen LogP contribution is -2.29. The van der Waals surface area contributed by atoms with Gasteiger partial charge in [-0.3, -0.25) is 4.68 Å². The highest BCUT2D eigenvalue weighted by Gasteiger charge is 2.20. The van der Waals surface area contributed by atoms with Crippen LogP contribution in [0.25, 0.3) is 0 Å². The van der Waals surface area contributed by atoms with E-state index in [4.69, 9.17) is 5.73 Å². The van der Waals surface area contributed by atoms with Crippen LogP contribution in [0.3, 0.4) is 0 Å². The molecule has 1 aliphatic heterocycles. The molecule has 2 heterocycles. The van der Waals surface area contributed by atoms with E-state index in [1.54, 1.807) is 16.8 Å². The third-order valence-corrected chi connectivity index (χ3v) is 3.88. The molecule has 0 spiro atoms. The number of hydrogen-bond acceptors (Lipinski definition) is 3. The second-order valence-corrected chi connectivity index (χ2v) is 5.42.